The molecule has 0 unspecified atom stereocenters. The van der Waals surface area contributed by atoms with E-state index in [0.29, 0.717) is 5.56 Å². The Hall–Kier alpha value is -1.31. The zero-order valence-corrected chi connectivity index (χ0v) is 11.7. The minimum absolute atomic E-state index is 0.655. The van der Waals surface area contributed by atoms with Crippen LogP contribution in [0.5, 0.6) is 0 Å². The lowest BCUT2D eigenvalue weighted by Crippen LogP contribution is -1.97. The molecule has 4 heteroatoms. The summed E-state index contributed by atoms with van der Waals surface area (Å²) in [7, 11) is 0. The Kier molecular flexibility index (Phi) is 3.82. The van der Waals surface area contributed by atoms with E-state index in [2.05, 4.69) is 46.4 Å². The third-order valence-electron chi connectivity index (χ3n) is 2.35. The predicted octanol–water partition coefficient (Wildman–Crippen LogP) is 4.30. The average Bonchev–Trinajstić information content (AvgIpc) is 2.73. The van der Waals surface area contributed by atoms with E-state index >= 15 is 0 Å². The van der Waals surface area contributed by atoms with Crippen LogP contribution < -0.4 is 5.32 Å². The maximum Gasteiger partial charge on any atom is 0.100 e. The van der Waals surface area contributed by atoms with E-state index < -0.39 is 0 Å². The van der Waals surface area contributed by atoms with Crippen molar-refractivity contribution in [2.24, 2.45) is 0 Å². The summed E-state index contributed by atoms with van der Waals surface area (Å²) in [6.07, 6.45) is 0. The maximum absolute atomic E-state index is 8.82. The lowest BCUT2D eigenvalue weighted by molar-refractivity contribution is 1.19. The van der Waals surface area contributed by atoms with Crippen LogP contribution in [0.3, 0.4) is 0 Å². The molecule has 0 saturated carbocycles. The Morgan fingerprint density at radius 3 is 2.76 bits per heavy atom. The highest BCUT2D eigenvalue weighted by atomic mass is 79.9. The minimum atomic E-state index is 0.655. The fourth-order valence-electron chi connectivity index (χ4n) is 1.49. The van der Waals surface area contributed by atoms with Crippen LogP contribution in [0.1, 0.15) is 15.3 Å². The third kappa shape index (κ3) is 3.09. The first kappa shape index (κ1) is 12.2. The van der Waals surface area contributed by atoms with Crippen LogP contribution in [0.2, 0.25) is 0 Å². The zero-order valence-electron chi connectivity index (χ0n) is 9.33. The first-order valence-corrected chi connectivity index (χ1v) is 6.79. The van der Waals surface area contributed by atoms with Crippen molar-refractivity contribution < 1.29 is 0 Å². The molecule has 1 aromatic carbocycles. The summed E-state index contributed by atoms with van der Waals surface area (Å²) >= 11 is 5.17. The molecule has 2 rings (SSSR count). The molecular weight excluding hydrogens is 296 g/mol. The Morgan fingerprint density at radius 2 is 2.18 bits per heavy atom. The van der Waals surface area contributed by atoms with Gasteiger partial charge < -0.3 is 5.32 Å². The molecule has 2 aromatic rings. The van der Waals surface area contributed by atoms with Crippen LogP contribution in [0.15, 0.2) is 34.8 Å². The van der Waals surface area contributed by atoms with E-state index in [-0.39, 0.29) is 0 Å². The van der Waals surface area contributed by atoms with Gasteiger partial charge in [0.25, 0.3) is 0 Å². The van der Waals surface area contributed by atoms with Crippen molar-refractivity contribution in [2.75, 3.05) is 5.32 Å². The molecule has 17 heavy (non-hydrogen) atoms. The number of anilines is 1. The quantitative estimate of drug-likeness (QED) is 0.917. The number of hydrogen-bond acceptors (Lipinski definition) is 3. The highest BCUT2D eigenvalue weighted by Crippen LogP contribution is 2.22. The largest absolute Gasteiger partial charge is 0.380 e. The van der Waals surface area contributed by atoms with Gasteiger partial charge in [-0.2, -0.15) is 5.26 Å². The SMILES string of the molecule is Cc1ccc(CNc2ccc(C#N)c(Br)c2)s1. The standard InChI is InChI=1S/C13H11BrN2S/c1-9-2-5-12(17-9)8-16-11-4-3-10(7-15)13(14)6-11/h2-6,16H,8H2,1H3. The van der Waals surface area contributed by atoms with Crippen LogP contribution in [-0.2, 0) is 6.54 Å². The van der Waals surface area contributed by atoms with Crippen molar-refractivity contribution >= 4 is 33.0 Å². The number of thiophene rings is 1. The van der Waals surface area contributed by atoms with Gasteiger partial charge in [0.05, 0.1) is 5.56 Å². The molecular formula is C13H11BrN2S. The molecule has 0 amide bonds. The molecule has 0 saturated heterocycles. The number of rotatable bonds is 3. The van der Waals surface area contributed by atoms with Gasteiger partial charge in [0.2, 0.25) is 0 Å². The Labute approximate surface area is 113 Å². The van der Waals surface area contributed by atoms with Gasteiger partial charge in [0.1, 0.15) is 6.07 Å². The highest BCUT2D eigenvalue weighted by Gasteiger charge is 2.01. The summed E-state index contributed by atoms with van der Waals surface area (Å²) in [5.41, 5.74) is 1.67. The van der Waals surface area contributed by atoms with Crippen LogP contribution in [0.25, 0.3) is 0 Å². The van der Waals surface area contributed by atoms with Gasteiger partial charge in [-0.05, 0) is 53.2 Å². The number of nitriles is 1. The van der Waals surface area contributed by atoms with Gasteiger partial charge in [-0.25, -0.2) is 0 Å². The van der Waals surface area contributed by atoms with Crippen LogP contribution in [0, 0.1) is 18.3 Å². The minimum Gasteiger partial charge on any atom is -0.380 e. The van der Waals surface area contributed by atoms with E-state index in [1.54, 1.807) is 11.3 Å². The predicted molar refractivity (Wildman–Crippen MR) is 75.2 cm³/mol. The summed E-state index contributed by atoms with van der Waals surface area (Å²) in [5.74, 6) is 0. The second-order valence-corrected chi connectivity index (χ2v) is 5.90. The van der Waals surface area contributed by atoms with Crippen molar-refractivity contribution in [3.05, 3.63) is 50.1 Å². The molecule has 0 aliphatic heterocycles. The molecule has 0 spiro atoms. The number of nitrogens with zero attached hydrogens (tertiary/aromatic N) is 1. The molecule has 86 valence electrons. The van der Waals surface area contributed by atoms with Crippen molar-refractivity contribution in [1.29, 1.82) is 5.26 Å². The Balaban J connectivity index is 2.05. The first-order chi connectivity index (χ1) is 8.19. The van der Waals surface area contributed by atoms with Gasteiger partial charge in [0, 0.05) is 26.5 Å². The molecule has 1 aromatic heterocycles. The second-order valence-electron chi connectivity index (χ2n) is 3.67. The van der Waals surface area contributed by atoms with Crippen LogP contribution >= 0.6 is 27.3 Å². The van der Waals surface area contributed by atoms with Crippen molar-refractivity contribution in [2.45, 2.75) is 13.5 Å². The van der Waals surface area contributed by atoms with E-state index in [9.17, 15) is 0 Å². The molecule has 0 fully saturated rings. The molecule has 1 N–H and O–H groups in total. The van der Waals surface area contributed by atoms with Gasteiger partial charge in [-0.3, -0.25) is 0 Å². The summed E-state index contributed by atoms with van der Waals surface area (Å²) < 4.78 is 0.826. The lowest BCUT2D eigenvalue weighted by atomic mass is 10.2. The summed E-state index contributed by atoms with van der Waals surface area (Å²) in [4.78, 5) is 2.63. The number of hydrogen-bond donors (Lipinski definition) is 1. The fraction of sp³-hybridized carbons (Fsp3) is 0.154. The monoisotopic (exact) mass is 306 g/mol. The first-order valence-electron chi connectivity index (χ1n) is 5.18. The van der Waals surface area contributed by atoms with E-state index in [0.717, 1.165) is 16.7 Å². The summed E-state index contributed by atoms with van der Waals surface area (Å²) in [5, 5.41) is 12.2. The third-order valence-corrected chi connectivity index (χ3v) is 4.01. The Morgan fingerprint density at radius 1 is 1.35 bits per heavy atom. The van der Waals surface area contributed by atoms with Crippen molar-refractivity contribution in [3.63, 3.8) is 0 Å². The van der Waals surface area contributed by atoms with Crippen LogP contribution in [0.4, 0.5) is 5.69 Å². The smallest absolute Gasteiger partial charge is 0.100 e. The molecule has 0 atom stereocenters. The lowest BCUT2D eigenvalue weighted by Gasteiger charge is -2.05. The fourth-order valence-corrected chi connectivity index (χ4v) is 2.78. The average molecular weight is 307 g/mol. The van der Waals surface area contributed by atoms with Crippen molar-refractivity contribution in [1.82, 2.24) is 0 Å². The number of nitrogens with one attached hydrogen (secondary N) is 1. The zero-order chi connectivity index (χ0) is 12.3. The maximum atomic E-state index is 8.82. The Bertz CT molecular complexity index is 569. The second kappa shape index (κ2) is 5.35. The molecule has 0 aliphatic carbocycles. The van der Waals surface area contributed by atoms with Gasteiger partial charge in [-0.15, -0.1) is 11.3 Å². The number of benzene rings is 1. The summed E-state index contributed by atoms with van der Waals surface area (Å²) in [6, 6.07) is 12.0. The number of aryl methyl sites for hydroxylation is 1. The molecule has 0 aliphatic rings. The molecule has 0 radical (unpaired) electrons. The normalized spacial score (nSPS) is 9.94. The molecule has 2 nitrogen and oxygen atoms in total. The highest BCUT2D eigenvalue weighted by molar-refractivity contribution is 9.10. The number of halogens is 1. The van der Waals surface area contributed by atoms with E-state index in [1.807, 2.05) is 18.2 Å². The van der Waals surface area contributed by atoms with E-state index in [4.69, 9.17) is 5.26 Å². The van der Waals surface area contributed by atoms with Gasteiger partial charge >= 0.3 is 0 Å². The van der Waals surface area contributed by atoms with Gasteiger partial charge in [0.15, 0.2) is 0 Å². The van der Waals surface area contributed by atoms with Crippen molar-refractivity contribution in [3.8, 4) is 6.07 Å². The van der Waals surface area contributed by atoms with Crippen LogP contribution in [-0.4, -0.2) is 0 Å². The molecule has 0 bridgehead atoms. The van der Waals surface area contributed by atoms with Gasteiger partial charge in [-0.1, -0.05) is 0 Å². The van der Waals surface area contributed by atoms with E-state index in [1.165, 1.54) is 9.75 Å². The topological polar surface area (TPSA) is 35.8 Å². The summed E-state index contributed by atoms with van der Waals surface area (Å²) in [6.45, 7) is 2.92. The molecule has 1 heterocycles.